The van der Waals surface area contributed by atoms with Crippen LogP contribution in [0.3, 0.4) is 0 Å². The fraction of sp³-hybridized carbons (Fsp3) is 0.355. The molecule has 2 fully saturated rings. The third-order valence-electron chi connectivity index (χ3n) is 8.18. The number of β-amino-alcohol motifs (C(OH)–C–C–N with tert-alkyl or cyclic N) is 1. The minimum absolute atomic E-state index is 0.0265. The molecule has 1 unspecified atom stereocenters. The van der Waals surface area contributed by atoms with Gasteiger partial charge in [-0.2, -0.15) is 4.39 Å². The molecule has 4 N–H and O–H groups in total. The van der Waals surface area contributed by atoms with Crippen LogP contribution in [0.4, 0.5) is 20.3 Å². The van der Waals surface area contributed by atoms with Gasteiger partial charge in [-0.25, -0.2) is 14.4 Å². The van der Waals surface area contributed by atoms with Crippen LogP contribution in [0.25, 0.3) is 16.9 Å². The molecule has 2 aliphatic rings. The zero-order valence-electron chi connectivity index (χ0n) is 24.3. The third kappa shape index (κ3) is 5.67. The van der Waals surface area contributed by atoms with Crippen LogP contribution in [0.1, 0.15) is 35.2 Å². The first kappa shape index (κ1) is 29.5. The largest absolute Gasteiger partial charge is 0.494 e. The number of rotatable bonds is 7. The van der Waals surface area contributed by atoms with E-state index >= 15 is 0 Å². The number of likely N-dealkylation sites (tertiary alicyclic amines) is 1. The number of aliphatic hydroxyl groups excluding tert-OH is 1. The Bertz CT molecular complexity index is 1730. The monoisotopic (exact) mass is 605 g/mol. The Morgan fingerprint density at radius 3 is 2.75 bits per heavy atom. The van der Waals surface area contributed by atoms with Gasteiger partial charge < -0.3 is 30.7 Å². The average molecular weight is 606 g/mol. The summed E-state index contributed by atoms with van der Waals surface area (Å²) in [6.07, 6.45) is 6.01. The minimum atomic E-state index is -1.08. The smallest absolute Gasteiger partial charge is 0.251 e. The van der Waals surface area contributed by atoms with E-state index in [-0.39, 0.29) is 35.2 Å². The summed E-state index contributed by atoms with van der Waals surface area (Å²) >= 11 is 0. The van der Waals surface area contributed by atoms with E-state index in [2.05, 4.69) is 25.9 Å². The normalized spacial score (nSPS) is 20.1. The maximum atomic E-state index is 14.8. The molecule has 44 heavy (non-hydrogen) atoms. The molecule has 13 heteroatoms. The van der Waals surface area contributed by atoms with Gasteiger partial charge in [-0.3, -0.25) is 14.0 Å². The van der Waals surface area contributed by atoms with Gasteiger partial charge in [0.15, 0.2) is 23.0 Å². The van der Waals surface area contributed by atoms with Crippen molar-refractivity contribution in [1.29, 1.82) is 0 Å². The van der Waals surface area contributed by atoms with Crippen molar-refractivity contribution in [2.75, 3.05) is 32.1 Å². The van der Waals surface area contributed by atoms with E-state index in [1.807, 2.05) is 13.0 Å². The Morgan fingerprint density at radius 1 is 1.16 bits per heavy atom. The van der Waals surface area contributed by atoms with Gasteiger partial charge in [-0.1, -0.05) is 0 Å². The summed E-state index contributed by atoms with van der Waals surface area (Å²) in [6, 6.07) is 7.51. The first-order valence-corrected chi connectivity index (χ1v) is 14.5. The molecular weight excluding hydrogens is 572 g/mol. The second kappa shape index (κ2) is 12.2. The van der Waals surface area contributed by atoms with Crippen molar-refractivity contribution in [3.63, 3.8) is 0 Å². The van der Waals surface area contributed by atoms with Crippen LogP contribution >= 0.6 is 0 Å². The van der Waals surface area contributed by atoms with Gasteiger partial charge in [0.2, 0.25) is 11.7 Å². The number of carbonyl (C=O) groups is 2. The number of piperidine rings is 1. The maximum absolute atomic E-state index is 14.8. The Hall–Kier alpha value is -4.62. The number of nitrogens with one attached hydrogen (secondary N) is 3. The van der Waals surface area contributed by atoms with Crippen LogP contribution in [-0.4, -0.2) is 81.1 Å². The molecule has 3 atom stereocenters. The number of carbonyl (C=O) groups excluding carboxylic acids is 2. The van der Waals surface area contributed by atoms with Gasteiger partial charge in [0.25, 0.3) is 5.91 Å². The maximum Gasteiger partial charge on any atom is 0.251 e. The Morgan fingerprint density at radius 2 is 2.00 bits per heavy atom. The van der Waals surface area contributed by atoms with Gasteiger partial charge >= 0.3 is 0 Å². The second-order valence-electron chi connectivity index (χ2n) is 11.2. The van der Waals surface area contributed by atoms with E-state index < -0.39 is 17.7 Å². The predicted octanol–water partition coefficient (Wildman–Crippen LogP) is 3.18. The van der Waals surface area contributed by atoms with Crippen LogP contribution in [0.15, 0.2) is 48.9 Å². The number of nitrogens with zero attached hydrogens (tertiary/aromatic N) is 4. The molecule has 0 radical (unpaired) electrons. The van der Waals surface area contributed by atoms with Crippen LogP contribution in [0.2, 0.25) is 0 Å². The fourth-order valence-corrected chi connectivity index (χ4v) is 5.91. The number of imidazole rings is 1. The van der Waals surface area contributed by atoms with Crippen molar-refractivity contribution >= 4 is 29.0 Å². The summed E-state index contributed by atoms with van der Waals surface area (Å²) in [5, 5.41) is 19.1. The summed E-state index contributed by atoms with van der Waals surface area (Å²) in [7, 11) is 1.27. The molecule has 2 amide bonds. The zero-order chi connectivity index (χ0) is 31.0. The van der Waals surface area contributed by atoms with Gasteiger partial charge in [-0.15, -0.1) is 0 Å². The van der Waals surface area contributed by atoms with Crippen LogP contribution in [0, 0.1) is 18.6 Å². The first-order valence-electron chi connectivity index (χ1n) is 14.5. The van der Waals surface area contributed by atoms with Crippen LogP contribution in [0.5, 0.6) is 5.75 Å². The van der Waals surface area contributed by atoms with Crippen molar-refractivity contribution in [3.05, 3.63) is 71.7 Å². The number of hydrogen-bond donors (Lipinski definition) is 4. The third-order valence-corrected chi connectivity index (χ3v) is 8.18. The molecule has 2 aromatic carbocycles. The Kier molecular flexibility index (Phi) is 8.15. The minimum Gasteiger partial charge on any atom is -0.494 e. The van der Waals surface area contributed by atoms with Crippen LogP contribution in [-0.2, 0) is 4.79 Å². The van der Waals surface area contributed by atoms with E-state index in [4.69, 9.17) is 4.74 Å². The topological polar surface area (TPSA) is 133 Å². The van der Waals surface area contributed by atoms with E-state index in [1.165, 1.54) is 31.6 Å². The Balaban J connectivity index is 1.15. The molecule has 2 saturated heterocycles. The number of fused-ring (bicyclic) bond motifs is 1. The van der Waals surface area contributed by atoms with Crippen molar-refractivity contribution in [2.24, 2.45) is 0 Å². The zero-order valence-corrected chi connectivity index (χ0v) is 24.3. The van der Waals surface area contributed by atoms with Gasteiger partial charge in [0.05, 0.1) is 31.1 Å². The number of hydrogen-bond acceptors (Lipinski definition) is 8. The standard InChI is InChI=1S/C31H33F2N7O4/c1-17-12-18(5-6-21(17)30(42)38-19-4-3-10-39(16-19)31(43)23-13-20(41)14-35-23)37-28-29-36-15-24(40(29)11-9-34-28)22-7-8-25(44-2)27(33)26(22)32/h5-9,11-12,15,19-20,23,35,41H,3-4,10,13-14,16H2,1-2H3,(H,34,37)(H,38,42)/t19?,20-,23+/m1/s1. The van der Waals surface area contributed by atoms with Crippen LogP contribution < -0.4 is 20.7 Å². The van der Waals surface area contributed by atoms with Crippen molar-refractivity contribution in [3.8, 4) is 17.0 Å². The molecule has 0 saturated carbocycles. The van der Waals surface area contributed by atoms with Crippen molar-refractivity contribution < 1.29 is 28.2 Å². The quantitative estimate of drug-likeness (QED) is 0.253. The summed E-state index contributed by atoms with van der Waals surface area (Å²) in [4.78, 5) is 36.6. The highest BCUT2D eigenvalue weighted by molar-refractivity contribution is 5.96. The van der Waals surface area contributed by atoms with Crippen molar-refractivity contribution in [1.82, 2.24) is 29.9 Å². The molecule has 0 spiro atoms. The molecule has 4 heterocycles. The van der Waals surface area contributed by atoms with Gasteiger partial charge in [0, 0.05) is 54.9 Å². The van der Waals surface area contributed by atoms with E-state index in [9.17, 15) is 23.5 Å². The molecule has 11 nitrogen and oxygen atoms in total. The molecule has 2 aromatic heterocycles. The summed E-state index contributed by atoms with van der Waals surface area (Å²) in [5.41, 5.74) is 2.66. The molecule has 2 aliphatic heterocycles. The molecule has 6 rings (SSSR count). The van der Waals surface area contributed by atoms with E-state index in [1.54, 1.807) is 27.6 Å². The van der Waals surface area contributed by atoms with Gasteiger partial charge in [-0.05, 0) is 62.1 Å². The lowest BCUT2D eigenvalue weighted by atomic mass is 10.0. The lowest BCUT2D eigenvalue weighted by Crippen LogP contribution is -2.53. The molecular formula is C31H33F2N7O4. The number of benzene rings is 2. The molecule has 0 aliphatic carbocycles. The molecule has 230 valence electrons. The highest BCUT2D eigenvalue weighted by Gasteiger charge is 2.34. The van der Waals surface area contributed by atoms with Crippen molar-refractivity contribution in [2.45, 2.75) is 44.4 Å². The Labute approximate surface area is 252 Å². The number of aryl methyl sites for hydroxylation is 1. The highest BCUT2D eigenvalue weighted by atomic mass is 19.2. The highest BCUT2D eigenvalue weighted by Crippen LogP contribution is 2.31. The van der Waals surface area contributed by atoms with Gasteiger partial charge in [0.1, 0.15) is 0 Å². The summed E-state index contributed by atoms with van der Waals surface area (Å²) < 4.78 is 35.7. The summed E-state index contributed by atoms with van der Waals surface area (Å²) in [5.74, 6) is -2.19. The molecule has 4 aromatic rings. The number of aliphatic hydroxyl groups is 1. The first-order chi connectivity index (χ1) is 21.2. The number of ether oxygens (including phenoxy) is 1. The lowest BCUT2D eigenvalue weighted by molar-refractivity contribution is -0.134. The number of halogens is 2. The number of amides is 2. The predicted molar refractivity (Wildman–Crippen MR) is 159 cm³/mol. The van der Waals surface area contributed by atoms with E-state index in [0.717, 1.165) is 18.4 Å². The lowest BCUT2D eigenvalue weighted by Gasteiger charge is -2.34. The second-order valence-corrected chi connectivity index (χ2v) is 11.2. The SMILES string of the molecule is COc1ccc(-c2cnc3c(Nc4ccc(C(=O)NC5CCCN(C(=O)[C@@H]6C[C@@H](O)CN6)C5)c(C)c4)nccn23)c(F)c1F. The fourth-order valence-electron chi connectivity index (χ4n) is 5.91. The molecule has 0 bridgehead atoms. The summed E-state index contributed by atoms with van der Waals surface area (Å²) in [6.45, 7) is 3.29. The van der Waals surface area contributed by atoms with E-state index in [0.29, 0.717) is 54.5 Å². The number of anilines is 2. The number of methoxy groups -OCH3 is 1. The average Bonchev–Trinajstić information content (AvgIpc) is 3.65. The number of aromatic nitrogens is 3.